The Morgan fingerprint density at radius 2 is 1.89 bits per heavy atom. The van der Waals surface area contributed by atoms with Crippen molar-refractivity contribution in [2.75, 3.05) is 5.32 Å². The van der Waals surface area contributed by atoms with Gasteiger partial charge in [0.1, 0.15) is 16.6 Å². The average molecular weight is 278 g/mol. The van der Waals surface area contributed by atoms with Crippen LogP contribution >= 0.6 is 12.2 Å². The topological polar surface area (TPSA) is 38.0 Å². The smallest absolute Gasteiger partial charge is 0.146 e. The molecule has 2 rings (SSSR count). The number of halogens is 2. The summed E-state index contributed by atoms with van der Waals surface area (Å²) in [6.45, 7) is 1.85. The molecular formula is C14H12F2N2S. The van der Waals surface area contributed by atoms with E-state index in [0.29, 0.717) is 10.7 Å². The summed E-state index contributed by atoms with van der Waals surface area (Å²) in [4.78, 5) is 0.306. The van der Waals surface area contributed by atoms with Gasteiger partial charge in [0.2, 0.25) is 0 Å². The molecule has 5 heteroatoms. The first-order valence-electron chi connectivity index (χ1n) is 5.60. The molecule has 0 unspecified atom stereocenters. The molecule has 0 heterocycles. The van der Waals surface area contributed by atoms with E-state index >= 15 is 0 Å². The van der Waals surface area contributed by atoms with Crippen LogP contribution in [0.3, 0.4) is 0 Å². The maximum absolute atomic E-state index is 13.5. The quantitative estimate of drug-likeness (QED) is 0.842. The van der Waals surface area contributed by atoms with Gasteiger partial charge in [0.15, 0.2) is 0 Å². The number of thiocarbonyl (C=S) groups is 1. The zero-order valence-electron chi connectivity index (χ0n) is 10.2. The molecule has 0 radical (unpaired) electrons. The Kier molecular flexibility index (Phi) is 3.76. The van der Waals surface area contributed by atoms with Crippen LogP contribution in [0.2, 0.25) is 0 Å². The normalized spacial score (nSPS) is 10.3. The summed E-state index contributed by atoms with van der Waals surface area (Å²) in [6, 6.07) is 8.49. The maximum atomic E-state index is 13.5. The molecule has 0 aliphatic rings. The van der Waals surface area contributed by atoms with E-state index < -0.39 is 11.6 Å². The highest BCUT2D eigenvalue weighted by atomic mass is 32.1. The lowest BCUT2D eigenvalue weighted by Crippen LogP contribution is -2.11. The standard InChI is InChI=1S/C14H12F2N2S/c1-8-6-10(3-4-11(8)14(17)19)18-13-7-9(15)2-5-12(13)16/h2-7,18H,1H3,(H2,17,19). The molecule has 0 saturated carbocycles. The van der Waals surface area contributed by atoms with Gasteiger partial charge in [-0.3, -0.25) is 0 Å². The highest BCUT2D eigenvalue weighted by Crippen LogP contribution is 2.23. The highest BCUT2D eigenvalue weighted by molar-refractivity contribution is 7.80. The van der Waals surface area contributed by atoms with Gasteiger partial charge < -0.3 is 11.1 Å². The lowest BCUT2D eigenvalue weighted by Gasteiger charge is -2.10. The Balaban J connectivity index is 2.31. The molecule has 0 spiro atoms. The first-order valence-corrected chi connectivity index (χ1v) is 6.01. The first-order chi connectivity index (χ1) is 8.97. The van der Waals surface area contributed by atoms with Gasteiger partial charge in [-0.1, -0.05) is 12.2 Å². The molecule has 0 amide bonds. The van der Waals surface area contributed by atoms with Gasteiger partial charge >= 0.3 is 0 Å². The molecule has 3 N–H and O–H groups in total. The van der Waals surface area contributed by atoms with E-state index in [1.165, 1.54) is 0 Å². The molecule has 2 aromatic carbocycles. The minimum atomic E-state index is -0.516. The molecule has 0 aliphatic heterocycles. The van der Waals surface area contributed by atoms with Crippen LogP contribution in [0.1, 0.15) is 11.1 Å². The predicted octanol–water partition coefficient (Wildman–Crippen LogP) is 3.65. The second kappa shape index (κ2) is 5.32. The highest BCUT2D eigenvalue weighted by Gasteiger charge is 2.06. The number of benzene rings is 2. The van der Waals surface area contributed by atoms with Crippen molar-refractivity contribution in [3.63, 3.8) is 0 Å². The van der Waals surface area contributed by atoms with Crippen molar-refractivity contribution in [3.05, 3.63) is 59.2 Å². The van der Waals surface area contributed by atoms with Crippen molar-refractivity contribution in [2.45, 2.75) is 6.92 Å². The number of aryl methyl sites for hydroxylation is 1. The van der Waals surface area contributed by atoms with Gasteiger partial charge in [0.25, 0.3) is 0 Å². The second-order valence-corrected chi connectivity index (χ2v) is 4.58. The van der Waals surface area contributed by atoms with Gasteiger partial charge in [-0.25, -0.2) is 8.78 Å². The number of anilines is 2. The summed E-state index contributed by atoms with van der Waals surface area (Å²) >= 11 is 4.91. The fourth-order valence-electron chi connectivity index (χ4n) is 1.77. The molecule has 0 saturated heterocycles. The number of nitrogens with two attached hydrogens (primary N) is 1. The Hall–Kier alpha value is -2.01. The Morgan fingerprint density at radius 1 is 1.16 bits per heavy atom. The Labute approximate surface area is 115 Å². The van der Waals surface area contributed by atoms with Crippen LogP contribution in [0.5, 0.6) is 0 Å². The van der Waals surface area contributed by atoms with Crippen LogP contribution in [0, 0.1) is 18.6 Å². The molecule has 98 valence electrons. The van der Waals surface area contributed by atoms with Crippen LogP contribution < -0.4 is 11.1 Å². The maximum Gasteiger partial charge on any atom is 0.146 e. The monoisotopic (exact) mass is 278 g/mol. The molecule has 0 fully saturated rings. The number of hydrogen-bond acceptors (Lipinski definition) is 2. The van der Waals surface area contributed by atoms with E-state index in [-0.39, 0.29) is 5.69 Å². The molecule has 0 atom stereocenters. The predicted molar refractivity (Wildman–Crippen MR) is 76.7 cm³/mol. The van der Waals surface area contributed by atoms with Crippen LogP contribution in [-0.4, -0.2) is 4.99 Å². The van der Waals surface area contributed by atoms with Crippen LogP contribution in [0.25, 0.3) is 0 Å². The second-order valence-electron chi connectivity index (χ2n) is 4.14. The zero-order valence-corrected chi connectivity index (χ0v) is 11.0. The van der Waals surface area contributed by atoms with Gasteiger partial charge in [-0.15, -0.1) is 0 Å². The van der Waals surface area contributed by atoms with Crippen molar-refractivity contribution in [2.24, 2.45) is 5.73 Å². The largest absolute Gasteiger partial charge is 0.389 e. The van der Waals surface area contributed by atoms with Gasteiger partial charge in [0.05, 0.1) is 5.69 Å². The van der Waals surface area contributed by atoms with E-state index in [9.17, 15) is 8.78 Å². The van der Waals surface area contributed by atoms with E-state index in [1.54, 1.807) is 18.2 Å². The summed E-state index contributed by atoms with van der Waals surface area (Å²) in [5.74, 6) is -1.02. The third-order valence-electron chi connectivity index (χ3n) is 2.70. The molecule has 0 aromatic heterocycles. The van der Waals surface area contributed by atoms with E-state index in [1.807, 2.05) is 6.92 Å². The van der Waals surface area contributed by atoms with Crippen LogP contribution in [-0.2, 0) is 0 Å². The molecule has 2 nitrogen and oxygen atoms in total. The third kappa shape index (κ3) is 3.06. The van der Waals surface area contributed by atoms with E-state index in [0.717, 1.165) is 29.3 Å². The van der Waals surface area contributed by atoms with E-state index in [2.05, 4.69) is 5.32 Å². The average Bonchev–Trinajstić information content (AvgIpc) is 2.33. The minimum absolute atomic E-state index is 0.0856. The lowest BCUT2D eigenvalue weighted by atomic mass is 10.1. The van der Waals surface area contributed by atoms with Gasteiger partial charge in [-0.05, 0) is 42.8 Å². The van der Waals surface area contributed by atoms with Gasteiger partial charge in [-0.2, -0.15) is 0 Å². The van der Waals surface area contributed by atoms with Crippen LogP contribution in [0.4, 0.5) is 20.2 Å². The summed E-state index contributed by atoms with van der Waals surface area (Å²) in [6.07, 6.45) is 0. The lowest BCUT2D eigenvalue weighted by molar-refractivity contribution is 0.603. The van der Waals surface area contributed by atoms with Gasteiger partial charge in [0, 0.05) is 17.3 Å². The fraction of sp³-hybridized carbons (Fsp3) is 0.0714. The summed E-state index contributed by atoms with van der Waals surface area (Å²) in [5, 5.41) is 2.82. The van der Waals surface area contributed by atoms with Crippen molar-refractivity contribution in [3.8, 4) is 0 Å². The SMILES string of the molecule is Cc1cc(Nc2cc(F)ccc2F)ccc1C(N)=S. The number of nitrogens with one attached hydrogen (secondary N) is 1. The van der Waals surface area contributed by atoms with Crippen LogP contribution in [0.15, 0.2) is 36.4 Å². The molecular weight excluding hydrogens is 266 g/mol. The summed E-state index contributed by atoms with van der Waals surface area (Å²) in [5.41, 5.74) is 7.92. The molecule has 19 heavy (non-hydrogen) atoms. The molecule has 2 aromatic rings. The summed E-state index contributed by atoms with van der Waals surface area (Å²) in [7, 11) is 0. The minimum Gasteiger partial charge on any atom is -0.389 e. The van der Waals surface area contributed by atoms with Crippen molar-refractivity contribution in [1.82, 2.24) is 0 Å². The third-order valence-corrected chi connectivity index (χ3v) is 2.92. The van der Waals surface area contributed by atoms with Crippen molar-refractivity contribution < 1.29 is 8.78 Å². The zero-order chi connectivity index (χ0) is 14.0. The molecule has 0 aliphatic carbocycles. The van der Waals surface area contributed by atoms with E-state index in [4.69, 9.17) is 18.0 Å². The Morgan fingerprint density at radius 3 is 2.53 bits per heavy atom. The van der Waals surface area contributed by atoms with Crippen molar-refractivity contribution in [1.29, 1.82) is 0 Å². The summed E-state index contributed by atoms with van der Waals surface area (Å²) < 4.78 is 26.6. The Bertz CT molecular complexity index is 641. The number of hydrogen-bond donors (Lipinski definition) is 2. The van der Waals surface area contributed by atoms with Crippen molar-refractivity contribution >= 4 is 28.6 Å². The number of rotatable bonds is 3. The fourth-order valence-corrected chi connectivity index (χ4v) is 2.00. The molecule has 0 bridgehead atoms. The first kappa shape index (κ1) is 13.4.